The topological polar surface area (TPSA) is 122 Å². The van der Waals surface area contributed by atoms with Gasteiger partial charge < -0.3 is 14.7 Å². The minimum atomic E-state index is -4.81. The van der Waals surface area contributed by atoms with Crippen LogP contribution in [-0.4, -0.2) is 76.5 Å². The average molecular weight is 826 g/mol. The van der Waals surface area contributed by atoms with Crippen LogP contribution < -0.4 is 9.64 Å². The van der Waals surface area contributed by atoms with E-state index in [1.165, 1.54) is 23.1 Å². The number of rotatable bonds is 8. The molecule has 3 heterocycles. The zero-order chi connectivity index (χ0) is 42.9. The molecule has 1 amide bonds. The van der Waals surface area contributed by atoms with E-state index < -0.39 is 83.3 Å². The molecule has 2 aliphatic heterocycles. The number of aromatic nitrogens is 2. The number of hydrogen-bond donors (Lipinski definition) is 1. The van der Waals surface area contributed by atoms with Gasteiger partial charge in [0.15, 0.2) is 12.4 Å². The number of benzene rings is 3. The lowest BCUT2D eigenvalue weighted by atomic mass is 9.71. The molecular formula is C42H48F5N5O5Si. The maximum atomic E-state index is 17.5. The Balaban J connectivity index is 1.66. The highest BCUT2D eigenvalue weighted by Gasteiger charge is 2.59. The van der Waals surface area contributed by atoms with Crippen molar-refractivity contribution in [2.24, 2.45) is 5.41 Å². The van der Waals surface area contributed by atoms with Crippen LogP contribution in [0.5, 0.6) is 6.01 Å². The molecule has 0 spiro atoms. The molecular weight excluding hydrogens is 778 g/mol. The van der Waals surface area contributed by atoms with E-state index in [9.17, 15) is 33.2 Å². The van der Waals surface area contributed by atoms with Crippen LogP contribution in [0.2, 0.25) is 16.6 Å². The summed E-state index contributed by atoms with van der Waals surface area (Å²) in [5.41, 5.74) is 0.476. The fourth-order valence-electron chi connectivity index (χ4n) is 9.76. The standard InChI is InChI=1S/C42H48F5N5O5Si/c1-23(2)58(24(3)4,25(5)6)18-16-28-31(43)14-13-26-11-10-12-29(33(26)28)34-32(52(55)56)19-30-36(35(34)44)48-38(57-22-42(45,46)47)49-37(30)50-20-27-15-17-41(21-50,40(7,8)9)51(27)39(53)54/h10-14,19,23-25,27H,15,17,20-22H2,1-9H3,(H,53,54)/t27-,41-/m0/s1. The second-order valence-corrected chi connectivity index (χ2v) is 23.0. The quantitative estimate of drug-likeness (QED) is 0.0613. The van der Waals surface area contributed by atoms with Crippen molar-refractivity contribution < 1.29 is 41.5 Å². The van der Waals surface area contributed by atoms with Gasteiger partial charge in [0.25, 0.3) is 5.69 Å². The van der Waals surface area contributed by atoms with E-state index in [1.54, 1.807) is 17.0 Å². The van der Waals surface area contributed by atoms with E-state index in [0.717, 1.165) is 6.07 Å². The molecule has 6 rings (SSSR count). The van der Waals surface area contributed by atoms with Gasteiger partial charge in [-0.25, -0.2) is 13.6 Å². The molecule has 2 fully saturated rings. The highest BCUT2D eigenvalue weighted by atomic mass is 28.3. The number of nitro benzene ring substituents is 1. The summed E-state index contributed by atoms with van der Waals surface area (Å²) in [6, 6.07) is 7.02. The van der Waals surface area contributed by atoms with Gasteiger partial charge in [0.05, 0.1) is 33.0 Å². The molecule has 2 bridgehead atoms. The maximum Gasteiger partial charge on any atom is 0.422 e. The van der Waals surface area contributed by atoms with Crippen molar-refractivity contribution in [2.75, 3.05) is 24.6 Å². The first-order chi connectivity index (χ1) is 26.9. The summed E-state index contributed by atoms with van der Waals surface area (Å²) in [7, 11) is -2.44. The molecule has 0 aliphatic carbocycles. The number of halogens is 5. The number of alkyl halides is 3. The Morgan fingerprint density at radius 1 is 1.07 bits per heavy atom. The third-order valence-electron chi connectivity index (χ3n) is 12.5. The number of fused-ring (bicyclic) bond motifs is 4. The first kappa shape index (κ1) is 42.6. The van der Waals surface area contributed by atoms with Crippen LogP contribution in [0.1, 0.15) is 80.7 Å². The van der Waals surface area contributed by atoms with Crippen LogP contribution in [0.25, 0.3) is 32.8 Å². The summed E-state index contributed by atoms with van der Waals surface area (Å²) in [6.45, 7) is 16.4. The minimum absolute atomic E-state index is 0.000141. The van der Waals surface area contributed by atoms with Crippen molar-refractivity contribution in [2.45, 2.75) is 110 Å². The van der Waals surface area contributed by atoms with Gasteiger partial charge in [-0.2, -0.15) is 23.1 Å². The molecule has 3 aromatic carbocycles. The van der Waals surface area contributed by atoms with Gasteiger partial charge in [-0.05, 0) is 46.3 Å². The molecule has 1 aromatic heterocycles. The fraction of sp³-hybridized carbons (Fsp3) is 0.500. The Morgan fingerprint density at radius 3 is 2.29 bits per heavy atom. The van der Waals surface area contributed by atoms with Crippen LogP contribution in [0.4, 0.5) is 38.3 Å². The summed E-state index contributed by atoms with van der Waals surface area (Å²) in [5, 5.41) is 23.7. The Morgan fingerprint density at radius 2 is 1.72 bits per heavy atom. The SMILES string of the molecule is CC(C)[Si](C#Cc1c(F)ccc2cccc(-c3c([N+](=O)[O-])cc4c(N5C[C@@H]6CC[C@@](C(C)(C)C)(C5)N6C(=O)O)nc(OCC(F)(F)F)nc4c3F)c12)(C(C)C)C(C)C. The highest BCUT2D eigenvalue weighted by Crippen LogP contribution is 2.51. The number of amides is 1. The van der Waals surface area contributed by atoms with E-state index in [4.69, 9.17) is 4.74 Å². The second-order valence-electron chi connectivity index (χ2n) is 17.5. The number of ether oxygens (including phenoxy) is 1. The van der Waals surface area contributed by atoms with Crippen LogP contribution in [-0.2, 0) is 0 Å². The molecule has 0 saturated carbocycles. The summed E-state index contributed by atoms with van der Waals surface area (Å²) < 4.78 is 79.0. The summed E-state index contributed by atoms with van der Waals surface area (Å²) >= 11 is 0. The van der Waals surface area contributed by atoms with Crippen LogP contribution in [0, 0.1) is 38.6 Å². The fourth-order valence-corrected chi connectivity index (χ4v) is 15.0. The molecule has 1 N–H and O–H groups in total. The summed E-state index contributed by atoms with van der Waals surface area (Å²) in [5.74, 6) is 1.03. The zero-order valence-electron chi connectivity index (χ0n) is 34.0. The Bertz CT molecular complexity index is 2350. The van der Waals surface area contributed by atoms with E-state index in [-0.39, 0.29) is 57.4 Å². The molecule has 2 atom stereocenters. The van der Waals surface area contributed by atoms with Crippen LogP contribution in [0.3, 0.4) is 0 Å². The van der Waals surface area contributed by atoms with Gasteiger partial charge >= 0.3 is 18.3 Å². The van der Waals surface area contributed by atoms with E-state index in [2.05, 4.69) is 63.0 Å². The van der Waals surface area contributed by atoms with Gasteiger partial charge in [-0.3, -0.25) is 15.0 Å². The number of nitro groups is 1. The lowest BCUT2D eigenvalue weighted by molar-refractivity contribution is -0.384. The van der Waals surface area contributed by atoms with Crippen molar-refractivity contribution in [3.63, 3.8) is 0 Å². The predicted molar refractivity (Wildman–Crippen MR) is 216 cm³/mol. The molecule has 4 aromatic rings. The molecule has 2 saturated heterocycles. The third-order valence-corrected chi connectivity index (χ3v) is 18.8. The van der Waals surface area contributed by atoms with Crippen LogP contribution in [0.15, 0.2) is 36.4 Å². The van der Waals surface area contributed by atoms with Gasteiger partial charge in [0.2, 0.25) is 0 Å². The molecule has 0 radical (unpaired) electrons. The monoisotopic (exact) mass is 825 g/mol. The van der Waals surface area contributed by atoms with E-state index in [1.807, 2.05) is 20.8 Å². The molecule has 0 unspecified atom stereocenters. The molecule has 10 nitrogen and oxygen atoms in total. The first-order valence-corrected chi connectivity index (χ1v) is 21.6. The van der Waals surface area contributed by atoms with Crippen molar-refractivity contribution in [3.8, 4) is 28.6 Å². The number of carbonyl (C=O) groups is 1. The maximum absolute atomic E-state index is 17.5. The molecule has 58 heavy (non-hydrogen) atoms. The van der Waals surface area contributed by atoms with Crippen molar-refractivity contribution in [3.05, 3.63) is 63.7 Å². The Hall–Kier alpha value is -5.04. The van der Waals surface area contributed by atoms with Gasteiger partial charge in [-0.15, -0.1) is 5.54 Å². The Kier molecular flexibility index (Phi) is 11.0. The third kappa shape index (κ3) is 7.09. The van der Waals surface area contributed by atoms with Crippen LogP contribution >= 0.6 is 0 Å². The number of anilines is 1. The second kappa shape index (κ2) is 15.0. The number of nitrogens with zero attached hydrogens (tertiary/aromatic N) is 5. The summed E-state index contributed by atoms with van der Waals surface area (Å²) in [6.07, 6.45) is -5.02. The minimum Gasteiger partial charge on any atom is -0.465 e. The normalized spacial score (nSPS) is 18.7. The summed E-state index contributed by atoms with van der Waals surface area (Å²) in [4.78, 5) is 36.2. The van der Waals surface area contributed by atoms with E-state index in [0.29, 0.717) is 18.2 Å². The average Bonchev–Trinajstić information content (AvgIpc) is 3.38. The van der Waals surface area contributed by atoms with Gasteiger partial charge in [-0.1, -0.05) is 92.5 Å². The number of hydrogen-bond acceptors (Lipinski definition) is 7. The Labute approximate surface area is 334 Å². The van der Waals surface area contributed by atoms with Gasteiger partial charge in [0.1, 0.15) is 25.2 Å². The predicted octanol–water partition coefficient (Wildman–Crippen LogP) is 10.9. The van der Waals surface area contributed by atoms with Crippen molar-refractivity contribution in [1.29, 1.82) is 0 Å². The molecule has 16 heteroatoms. The molecule has 2 aliphatic rings. The zero-order valence-corrected chi connectivity index (χ0v) is 35.0. The lowest BCUT2D eigenvalue weighted by Gasteiger charge is -2.54. The van der Waals surface area contributed by atoms with E-state index >= 15 is 8.78 Å². The van der Waals surface area contributed by atoms with Crippen molar-refractivity contribution >= 4 is 47.3 Å². The first-order valence-electron chi connectivity index (χ1n) is 19.3. The van der Waals surface area contributed by atoms with Gasteiger partial charge in [0, 0.05) is 30.1 Å². The number of carboxylic acid groups (broad SMARTS) is 1. The highest BCUT2D eigenvalue weighted by molar-refractivity contribution is 6.90. The van der Waals surface area contributed by atoms with Crippen molar-refractivity contribution in [1.82, 2.24) is 14.9 Å². The smallest absolute Gasteiger partial charge is 0.422 e. The number of piperazine rings is 1. The largest absolute Gasteiger partial charge is 0.465 e. The lowest BCUT2D eigenvalue weighted by Crippen LogP contribution is -2.68. The molecule has 310 valence electrons.